The van der Waals surface area contributed by atoms with Crippen LogP contribution in [0, 0.1) is 0 Å². The number of hydrogen-bond acceptors (Lipinski definition) is 3. The molecule has 0 spiro atoms. The highest BCUT2D eigenvalue weighted by Gasteiger charge is 2.29. The van der Waals surface area contributed by atoms with Crippen LogP contribution in [0.1, 0.15) is 46.0 Å². The molecule has 0 heterocycles. The van der Waals surface area contributed by atoms with Crippen molar-refractivity contribution >= 4 is 10.2 Å². The van der Waals surface area contributed by atoms with Gasteiger partial charge < -0.3 is 5.32 Å². The fourth-order valence-corrected chi connectivity index (χ4v) is 3.64. The summed E-state index contributed by atoms with van der Waals surface area (Å²) in [5.74, 6) is 0. The summed E-state index contributed by atoms with van der Waals surface area (Å²) in [6.07, 6.45) is 5.17. The summed E-state index contributed by atoms with van der Waals surface area (Å²) in [7, 11) is -1.60. The average Bonchev–Trinajstić information content (AvgIpc) is 2.36. The first-order valence-corrected chi connectivity index (χ1v) is 8.41. The summed E-state index contributed by atoms with van der Waals surface area (Å²) in [5, 5.41) is 3.51. The molecule has 0 aromatic heterocycles. The van der Waals surface area contributed by atoms with Gasteiger partial charge in [0.25, 0.3) is 10.2 Å². The van der Waals surface area contributed by atoms with Crippen LogP contribution in [0.5, 0.6) is 0 Å². The largest absolute Gasteiger partial charge is 0.314 e. The van der Waals surface area contributed by atoms with E-state index in [0.29, 0.717) is 12.6 Å². The standard InChI is InChI=1S/C12H27N3O2S/c1-4-10-13-11-6-8-12(9-7-11)15(3)18(16,17)14-5-2/h11-14H,4-10H2,1-3H3. The van der Waals surface area contributed by atoms with Crippen LogP contribution in [-0.4, -0.2) is 44.9 Å². The van der Waals surface area contributed by atoms with Crippen molar-refractivity contribution in [3.05, 3.63) is 0 Å². The van der Waals surface area contributed by atoms with E-state index >= 15 is 0 Å². The van der Waals surface area contributed by atoms with Crippen LogP contribution in [-0.2, 0) is 10.2 Å². The molecule has 1 aliphatic carbocycles. The molecule has 0 amide bonds. The van der Waals surface area contributed by atoms with Gasteiger partial charge in [0.1, 0.15) is 0 Å². The summed E-state index contributed by atoms with van der Waals surface area (Å²) in [5.41, 5.74) is 0. The Hall–Kier alpha value is -0.170. The zero-order valence-corrected chi connectivity index (χ0v) is 12.6. The molecule has 0 aromatic carbocycles. The summed E-state index contributed by atoms with van der Waals surface area (Å²) in [6, 6.07) is 0.713. The van der Waals surface area contributed by atoms with Gasteiger partial charge in [-0.2, -0.15) is 12.7 Å². The van der Waals surface area contributed by atoms with Crippen molar-refractivity contribution in [2.45, 2.75) is 58.0 Å². The molecule has 1 aliphatic rings. The lowest BCUT2D eigenvalue weighted by Gasteiger charge is -2.34. The van der Waals surface area contributed by atoms with Crippen molar-refractivity contribution in [2.75, 3.05) is 20.1 Å². The predicted molar refractivity (Wildman–Crippen MR) is 74.7 cm³/mol. The molecule has 0 unspecified atom stereocenters. The molecule has 5 nitrogen and oxygen atoms in total. The minimum absolute atomic E-state index is 0.147. The van der Waals surface area contributed by atoms with Gasteiger partial charge in [0.05, 0.1) is 0 Å². The number of hydrogen-bond donors (Lipinski definition) is 2. The second-order valence-electron chi connectivity index (χ2n) is 4.98. The van der Waals surface area contributed by atoms with Gasteiger partial charge in [-0.05, 0) is 38.6 Å². The maximum Gasteiger partial charge on any atom is 0.279 e. The molecule has 0 aliphatic heterocycles. The Morgan fingerprint density at radius 1 is 1.17 bits per heavy atom. The van der Waals surface area contributed by atoms with Crippen LogP contribution >= 0.6 is 0 Å². The predicted octanol–water partition coefficient (Wildman–Crippen LogP) is 1.08. The smallest absolute Gasteiger partial charge is 0.279 e. The van der Waals surface area contributed by atoms with Crippen LogP contribution in [0.4, 0.5) is 0 Å². The van der Waals surface area contributed by atoms with Gasteiger partial charge in [0.2, 0.25) is 0 Å². The molecule has 0 bridgehead atoms. The minimum Gasteiger partial charge on any atom is -0.314 e. The molecule has 1 fully saturated rings. The van der Waals surface area contributed by atoms with Crippen molar-refractivity contribution in [1.29, 1.82) is 0 Å². The fraction of sp³-hybridized carbons (Fsp3) is 1.00. The van der Waals surface area contributed by atoms with E-state index < -0.39 is 10.2 Å². The zero-order valence-electron chi connectivity index (χ0n) is 11.8. The normalized spacial score (nSPS) is 25.6. The first-order valence-electron chi connectivity index (χ1n) is 6.97. The third kappa shape index (κ3) is 4.50. The Labute approximate surface area is 112 Å². The Morgan fingerprint density at radius 2 is 1.78 bits per heavy atom. The number of nitrogens with one attached hydrogen (secondary N) is 2. The Bertz CT molecular complexity index is 324. The van der Waals surface area contributed by atoms with E-state index in [9.17, 15) is 8.42 Å². The lowest BCUT2D eigenvalue weighted by atomic mass is 9.91. The number of nitrogens with zero attached hydrogens (tertiary/aromatic N) is 1. The third-order valence-electron chi connectivity index (χ3n) is 3.60. The molecule has 0 atom stereocenters. The van der Waals surface area contributed by atoms with Crippen molar-refractivity contribution < 1.29 is 8.42 Å². The van der Waals surface area contributed by atoms with Crippen molar-refractivity contribution in [3.8, 4) is 0 Å². The van der Waals surface area contributed by atoms with Crippen LogP contribution < -0.4 is 10.0 Å². The summed E-state index contributed by atoms with van der Waals surface area (Å²) < 4.78 is 27.8. The first-order chi connectivity index (χ1) is 8.51. The van der Waals surface area contributed by atoms with Crippen LogP contribution in [0.15, 0.2) is 0 Å². The van der Waals surface area contributed by atoms with Gasteiger partial charge in [-0.1, -0.05) is 13.8 Å². The van der Waals surface area contributed by atoms with Gasteiger partial charge in [0.15, 0.2) is 0 Å². The topological polar surface area (TPSA) is 61.4 Å². The van der Waals surface area contributed by atoms with Crippen LogP contribution in [0.3, 0.4) is 0 Å². The van der Waals surface area contributed by atoms with E-state index in [1.54, 1.807) is 14.0 Å². The summed E-state index contributed by atoms with van der Waals surface area (Å²) in [6.45, 7) is 5.47. The Balaban J connectivity index is 2.42. The maximum absolute atomic E-state index is 11.9. The van der Waals surface area contributed by atoms with E-state index in [1.807, 2.05) is 0 Å². The molecule has 1 saturated carbocycles. The number of rotatable bonds is 7. The van der Waals surface area contributed by atoms with Crippen molar-refractivity contribution in [1.82, 2.24) is 14.3 Å². The molecule has 2 N–H and O–H groups in total. The summed E-state index contributed by atoms with van der Waals surface area (Å²) in [4.78, 5) is 0. The molecule has 0 saturated heterocycles. The highest BCUT2D eigenvalue weighted by atomic mass is 32.2. The molecule has 1 rings (SSSR count). The van der Waals surface area contributed by atoms with Gasteiger partial charge >= 0.3 is 0 Å². The van der Waals surface area contributed by atoms with Crippen molar-refractivity contribution in [3.63, 3.8) is 0 Å². The summed E-state index contributed by atoms with van der Waals surface area (Å²) >= 11 is 0. The molecule has 0 radical (unpaired) electrons. The van der Waals surface area contributed by atoms with Gasteiger partial charge in [0, 0.05) is 25.7 Å². The van der Waals surface area contributed by atoms with Crippen molar-refractivity contribution in [2.24, 2.45) is 0 Å². The lowest BCUT2D eigenvalue weighted by Crippen LogP contribution is -2.47. The average molecular weight is 277 g/mol. The molecule has 108 valence electrons. The lowest BCUT2D eigenvalue weighted by molar-refractivity contribution is 0.248. The van der Waals surface area contributed by atoms with E-state index in [-0.39, 0.29) is 6.04 Å². The SMILES string of the molecule is CCCNC1CCC(N(C)S(=O)(=O)NCC)CC1. The zero-order chi connectivity index (χ0) is 13.6. The molecular weight excluding hydrogens is 250 g/mol. The van der Waals surface area contributed by atoms with E-state index in [0.717, 1.165) is 38.6 Å². The van der Waals surface area contributed by atoms with Gasteiger partial charge in [-0.3, -0.25) is 0 Å². The monoisotopic (exact) mass is 277 g/mol. The van der Waals surface area contributed by atoms with Crippen LogP contribution in [0.25, 0.3) is 0 Å². The third-order valence-corrected chi connectivity index (χ3v) is 5.31. The highest BCUT2D eigenvalue weighted by molar-refractivity contribution is 7.87. The highest BCUT2D eigenvalue weighted by Crippen LogP contribution is 2.23. The van der Waals surface area contributed by atoms with Gasteiger partial charge in [-0.25, -0.2) is 4.72 Å². The molecular formula is C12H27N3O2S. The first kappa shape index (κ1) is 15.9. The fourth-order valence-electron chi connectivity index (χ4n) is 2.47. The maximum atomic E-state index is 11.9. The van der Waals surface area contributed by atoms with E-state index in [1.165, 1.54) is 4.31 Å². The van der Waals surface area contributed by atoms with Gasteiger partial charge in [-0.15, -0.1) is 0 Å². The molecule has 0 aromatic rings. The molecule has 18 heavy (non-hydrogen) atoms. The Kier molecular flexibility index (Phi) is 6.55. The van der Waals surface area contributed by atoms with E-state index in [4.69, 9.17) is 0 Å². The second kappa shape index (κ2) is 7.43. The second-order valence-corrected chi connectivity index (χ2v) is 6.79. The quantitative estimate of drug-likeness (QED) is 0.732. The minimum atomic E-state index is -3.28. The Morgan fingerprint density at radius 3 is 2.28 bits per heavy atom. The van der Waals surface area contributed by atoms with Crippen LogP contribution in [0.2, 0.25) is 0 Å². The molecule has 6 heteroatoms. The van der Waals surface area contributed by atoms with E-state index in [2.05, 4.69) is 17.0 Å².